The number of aliphatic hydroxyl groups excluding tert-OH is 1. The van der Waals surface area contributed by atoms with Crippen molar-refractivity contribution in [3.63, 3.8) is 0 Å². The summed E-state index contributed by atoms with van der Waals surface area (Å²) in [6.07, 6.45) is 0. The van der Waals surface area contributed by atoms with E-state index in [-0.39, 0.29) is 6.61 Å². The zero-order chi connectivity index (χ0) is 8.27. The molecule has 0 spiro atoms. The van der Waals surface area contributed by atoms with E-state index in [2.05, 4.69) is 0 Å². The molecule has 0 saturated heterocycles. The number of benzene rings is 1. The van der Waals surface area contributed by atoms with Crippen molar-refractivity contribution in [2.75, 3.05) is 0 Å². The first-order valence-corrected chi connectivity index (χ1v) is 3.74. The molecular formula is C7H9BClNO. The quantitative estimate of drug-likeness (QED) is 0.601. The fraction of sp³-hybridized carbons (Fsp3) is 0.143. The Kier molecular flexibility index (Phi) is 2.94. The lowest BCUT2D eigenvalue weighted by Gasteiger charge is -2.03. The molecule has 3 N–H and O–H groups in total. The van der Waals surface area contributed by atoms with Gasteiger partial charge in [0.25, 0.3) is 0 Å². The van der Waals surface area contributed by atoms with Crippen LogP contribution >= 0.6 is 11.6 Å². The SMILES string of the molecule is NBc1ccc(Cl)cc1CO. The van der Waals surface area contributed by atoms with E-state index in [1.807, 2.05) is 6.07 Å². The molecule has 0 aliphatic heterocycles. The molecule has 1 aromatic rings. The topological polar surface area (TPSA) is 46.2 Å². The predicted octanol–water partition coefficient (Wildman–Crippen LogP) is -0.232. The van der Waals surface area contributed by atoms with Crippen molar-refractivity contribution >= 4 is 24.5 Å². The van der Waals surface area contributed by atoms with Gasteiger partial charge in [-0.25, -0.2) is 0 Å². The molecule has 0 aromatic heterocycles. The first-order chi connectivity index (χ1) is 5.27. The van der Waals surface area contributed by atoms with Gasteiger partial charge in [-0.3, -0.25) is 0 Å². The van der Waals surface area contributed by atoms with Crippen molar-refractivity contribution in [3.8, 4) is 0 Å². The Morgan fingerprint density at radius 2 is 2.27 bits per heavy atom. The average molecular weight is 169 g/mol. The van der Waals surface area contributed by atoms with Gasteiger partial charge in [0.2, 0.25) is 7.41 Å². The number of halogens is 1. The first-order valence-electron chi connectivity index (χ1n) is 3.36. The van der Waals surface area contributed by atoms with E-state index in [0.717, 1.165) is 11.0 Å². The van der Waals surface area contributed by atoms with Crippen LogP contribution < -0.4 is 11.1 Å². The van der Waals surface area contributed by atoms with Crippen LogP contribution in [-0.2, 0) is 6.61 Å². The third-order valence-electron chi connectivity index (χ3n) is 1.56. The van der Waals surface area contributed by atoms with E-state index in [0.29, 0.717) is 12.4 Å². The Bertz CT molecular complexity index is 254. The molecule has 58 valence electrons. The van der Waals surface area contributed by atoms with Crippen LogP contribution in [0, 0.1) is 0 Å². The number of aliphatic hydroxyl groups is 1. The third-order valence-corrected chi connectivity index (χ3v) is 1.79. The van der Waals surface area contributed by atoms with Crippen molar-refractivity contribution < 1.29 is 5.11 Å². The van der Waals surface area contributed by atoms with Gasteiger partial charge in [0, 0.05) is 5.02 Å². The molecule has 0 heterocycles. The van der Waals surface area contributed by atoms with Crippen LogP contribution in [0.5, 0.6) is 0 Å². The Morgan fingerprint density at radius 1 is 1.55 bits per heavy atom. The summed E-state index contributed by atoms with van der Waals surface area (Å²) in [4.78, 5) is 0. The number of hydrogen-bond acceptors (Lipinski definition) is 2. The summed E-state index contributed by atoms with van der Waals surface area (Å²) < 4.78 is 0. The van der Waals surface area contributed by atoms with Gasteiger partial charge in [0.1, 0.15) is 0 Å². The Balaban J connectivity index is 3.06. The fourth-order valence-electron chi connectivity index (χ4n) is 0.941. The third kappa shape index (κ3) is 1.96. The van der Waals surface area contributed by atoms with Gasteiger partial charge in [-0.2, -0.15) is 0 Å². The number of hydrogen-bond donors (Lipinski definition) is 2. The van der Waals surface area contributed by atoms with E-state index >= 15 is 0 Å². The largest absolute Gasteiger partial charge is 0.392 e. The summed E-state index contributed by atoms with van der Waals surface area (Å²) in [6.45, 7) is -0.00685. The molecule has 11 heavy (non-hydrogen) atoms. The van der Waals surface area contributed by atoms with Crippen LogP contribution in [0.25, 0.3) is 0 Å². The molecule has 0 radical (unpaired) electrons. The zero-order valence-electron chi connectivity index (χ0n) is 6.05. The van der Waals surface area contributed by atoms with Gasteiger partial charge in [-0.1, -0.05) is 23.1 Å². The van der Waals surface area contributed by atoms with Crippen molar-refractivity contribution in [2.24, 2.45) is 5.64 Å². The summed E-state index contributed by atoms with van der Waals surface area (Å²) in [5.74, 6) is 0. The molecule has 0 saturated carbocycles. The number of nitrogens with two attached hydrogens (primary N) is 1. The van der Waals surface area contributed by atoms with Crippen LogP contribution in [0.4, 0.5) is 0 Å². The van der Waals surface area contributed by atoms with Gasteiger partial charge in [0.05, 0.1) is 6.61 Å². The monoisotopic (exact) mass is 169 g/mol. The van der Waals surface area contributed by atoms with Crippen LogP contribution in [0.1, 0.15) is 5.56 Å². The molecule has 4 heteroatoms. The summed E-state index contributed by atoms with van der Waals surface area (Å²) in [5.41, 5.74) is 7.17. The van der Waals surface area contributed by atoms with Gasteiger partial charge >= 0.3 is 0 Å². The first kappa shape index (κ1) is 8.59. The normalized spacial score (nSPS) is 9.73. The van der Waals surface area contributed by atoms with Crippen LogP contribution in [0.2, 0.25) is 5.02 Å². The van der Waals surface area contributed by atoms with Gasteiger partial charge < -0.3 is 10.8 Å². The van der Waals surface area contributed by atoms with E-state index in [4.69, 9.17) is 22.4 Å². The molecular weight excluding hydrogens is 160 g/mol. The predicted molar refractivity (Wildman–Crippen MR) is 48.3 cm³/mol. The summed E-state index contributed by atoms with van der Waals surface area (Å²) >= 11 is 5.70. The molecule has 0 bridgehead atoms. The standard InChI is InChI=1S/C7H9BClNO/c9-6-1-2-7(8-10)5(3-6)4-11/h1-3,8,11H,4,10H2. The van der Waals surface area contributed by atoms with E-state index < -0.39 is 0 Å². The smallest absolute Gasteiger partial charge is 0.233 e. The molecule has 0 fully saturated rings. The lowest BCUT2D eigenvalue weighted by Crippen LogP contribution is -2.26. The summed E-state index contributed by atoms with van der Waals surface area (Å²) in [7, 11) is 0.438. The van der Waals surface area contributed by atoms with Crippen molar-refractivity contribution in [1.82, 2.24) is 0 Å². The molecule has 2 nitrogen and oxygen atoms in total. The lowest BCUT2D eigenvalue weighted by molar-refractivity contribution is 0.283. The van der Waals surface area contributed by atoms with Crippen LogP contribution in [0.3, 0.4) is 0 Å². The van der Waals surface area contributed by atoms with E-state index in [9.17, 15) is 0 Å². The van der Waals surface area contributed by atoms with Gasteiger partial charge in [0.15, 0.2) is 0 Å². The molecule has 1 aromatic carbocycles. The highest BCUT2D eigenvalue weighted by atomic mass is 35.5. The molecule has 0 unspecified atom stereocenters. The average Bonchev–Trinajstić information content (AvgIpc) is 2.04. The lowest BCUT2D eigenvalue weighted by atomic mass is 9.81. The Hall–Kier alpha value is -0.505. The molecule has 0 atom stereocenters. The highest BCUT2D eigenvalue weighted by Crippen LogP contribution is 2.08. The maximum atomic E-state index is 8.86. The second-order valence-electron chi connectivity index (χ2n) is 2.28. The molecule has 0 aliphatic carbocycles. The molecule has 1 rings (SSSR count). The minimum Gasteiger partial charge on any atom is -0.392 e. The van der Waals surface area contributed by atoms with E-state index in [1.54, 1.807) is 12.1 Å². The highest BCUT2D eigenvalue weighted by Gasteiger charge is 2.00. The zero-order valence-corrected chi connectivity index (χ0v) is 6.80. The van der Waals surface area contributed by atoms with Gasteiger partial charge in [-0.15, -0.1) is 0 Å². The van der Waals surface area contributed by atoms with Crippen molar-refractivity contribution in [3.05, 3.63) is 28.8 Å². The minimum absolute atomic E-state index is 0.00685. The van der Waals surface area contributed by atoms with Gasteiger partial charge in [-0.05, 0) is 17.7 Å². The number of rotatable bonds is 2. The minimum atomic E-state index is -0.00685. The second-order valence-corrected chi connectivity index (χ2v) is 2.71. The Morgan fingerprint density at radius 3 is 2.82 bits per heavy atom. The second kappa shape index (κ2) is 3.76. The molecule has 0 aliphatic rings. The fourth-order valence-corrected chi connectivity index (χ4v) is 1.14. The Labute approximate surface area is 71.2 Å². The van der Waals surface area contributed by atoms with Crippen LogP contribution in [-0.4, -0.2) is 12.5 Å². The summed E-state index contributed by atoms with van der Waals surface area (Å²) in [6, 6.07) is 5.32. The van der Waals surface area contributed by atoms with E-state index in [1.165, 1.54) is 0 Å². The van der Waals surface area contributed by atoms with Crippen molar-refractivity contribution in [2.45, 2.75) is 6.61 Å². The maximum Gasteiger partial charge on any atom is 0.233 e. The highest BCUT2D eigenvalue weighted by molar-refractivity contribution is 6.50. The summed E-state index contributed by atoms with van der Waals surface area (Å²) in [5, 5.41) is 9.49. The van der Waals surface area contributed by atoms with Crippen molar-refractivity contribution in [1.29, 1.82) is 0 Å². The van der Waals surface area contributed by atoms with Crippen LogP contribution in [0.15, 0.2) is 18.2 Å². The maximum absolute atomic E-state index is 8.86. The molecule has 0 amide bonds.